The number of carbonyl (C=O) groups excluding carboxylic acids is 1. The molecule has 128 valence electrons. The monoisotopic (exact) mass is 333 g/mol. The fraction of sp³-hybridized carbons (Fsp3) is 0.278. The molecule has 1 unspecified atom stereocenters. The van der Waals surface area contributed by atoms with Crippen molar-refractivity contribution >= 4 is 5.91 Å². The van der Waals surface area contributed by atoms with Crippen LogP contribution in [0.25, 0.3) is 0 Å². The number of hydrogen-bond acceptors (Lipinski definition) is 4. The van der Waals surface area contributed by atoms with Gasteiger partial charge in [0.05, 0.1) is 20.3 Å². The Hall–Kier alpha value is -2.76. The second-order valence-electron chi connectivity index (χ2n) is 5.19. The summed E-state index contributed by atoms with van der Waals surface area (Å²) < 4.78 is 29.3. The predicted octanol–water partition coefficient (Wildman–Crippen LogP) is 3.04. The van der Waals surface area contributed by atoms with Crippen molar-refractivity contribution in [2.75, 3.05) is 20.8 Å². The number of methoxy groups -OCH3 is 2. The van der Waals surface area contributed by atoms with E-state index < -0.39 is 5.82 Å². The minimum absolute atomic E-state index is 0.0964. The topological polar surface area (TPSA) is 56.8 Å². The smallest absolute Gasteiger partial charge is 0.251 e. The summed E-state index contributed by atoms with van der Waals surface area (Å²) in [6.07, 6.45) is 0. The molecule has 0 aliphatic carbocycles. The van der Waals surface area contributed by atoms with Gasteiger partial charge >= 0.3 is 0 Å². The molecule has 1 amide bonds. The summed E-state index contributed by atoms with van der Waals surface area (Å²) >= 11 is 0. The largest absolute Gasteiger partial charge is 0.494 e. The minimum Gasteiger partial charge on any atom is -0.494 e. The lowest BCUT2D eigenvalue weighted by molar-refractivity contribution is 0.0925. The quantitative estimate of drug-likeness (QED) is 0.846. The molecule has 0 spiro atoms. The van der Waals surface area contributed by atoms with Crippen LogP contribution in [-0.4, -0.2) is 32.8 Å². The SMILES string of the molecule is COc1ccc(C(=O)NC(C)COc2ccccc2OC)cc1F. The summed E-state index contributed by atoms with van der Waals surface area (Å²) in [4.78, 5) is 12.1. The fourth-order valence-corrected chi connectivity index (χ4v) is 2.11. The van der Waals surface area contributed by atoms with E-state index in [2.05, 4.69) is 5.32 Å². The van der Waals surface area contributed by atoms with E-state index in [1.165, 1.54) is 19.2 Å². The standard InChI is InChI=1S/C18H20FNO4/c1-12(11-24-17-7-5-4-6-16(17)23-3)20-18(21)13-8-9-15(22-2)14(19)10-13/h4-10,12H,11H2,1-3H3,(H,20,21). The first kappa shape index (κ1) is 17.6. The molecule has 1 N–H and O–H groups in total. The van der Waals surface area contributed by atoms with Gasteiger partial charge in [-0.2, -0.15) is 0 Å². The van der Waals surface area contributed by atoms with Crippen LogP contribution in [0.15, 0.2) is 42.5 Å². The Labute approximate surface area is 140 Å². The lowest BCUT2D eigenvalue weighted by Crippen LogP contribution is -2.36. The van der Waals surface area contributed by atoms with Crippen molar-refractivity contribution < 1.29 is 23.4 Å². The zero-order valence-electron chi connectivity index (χ0n) is 13.8. The highest BCUT2D eigenvalue weighted by molar-refractivity contribution is 5.94. The maximum absolute atomic E-state index is 13.7. The van der Waals surface area contributed by atoms with Gasteiger partial charge in [0.25, 0.3) is 5.91 Å². The second kappa shape index (κ2) is 8.19. The summed E-state index contributed by atoms with van der Waals surface area (Å²) in [5.41, 5.74) is 0.220. The Morgan fingerprint density at radius 3 is 2.38 bits per heavy atom. The van der Waals surface area contributed by atoms with E-state index in [9.17, 15) is 9.18 Å². The molecular weight excluding hydrogens is 313 g/mol. The van der Waals surface area contributed by atoms with Crippen LogP contribution in [0.3, 0.4) is 0 Å². The molecule has 0 saturated carbocycles. The maximum atomic E-state index is 13.7. The number of nitrogens with one attached hydrogen (secondary N) is 1. The fourth-order valence-electron chi connectivity index (χ4n) is 2.11. The van der Waals surface area contributed by atoms with Crippen LogP contribution in [0.5, 0.6) is 17.2 Å². The zero-order valence-corrected chi connectivity index (χ0v) is 13.8. The van der Waals surface area contributed by atoms with Gasteiger partial charge in [0.1, 0.15) is 6.61 Å². The third-order valence-electron chi connectivity index (χ3n) is 3.35. The summed E-state index contributed by atoms with van der Waals surface area (Å²) in [6, 6.07) is 11.0. The average molecular weight is 333 g/mol. The van der Waals surface area contributed by atoms with E-state index in [0.29, 0.717) is 11.5 Å². The molecule has 0 heterocycles. The Kier molecular flexibility index (Phi) is 6.01. The predicted molar refractivity (Wildman–Crippen MR) is 88.4 cm³/mol. The summed E-state index contributed by atoms with van der Waals surface area (Å²) in [5, 5.41) is 2.76. The summed E-state index contributed by atoms with van der Waals surface area (Å²) in [6.45, 7) is 2.05. The number of ether oxygens (including phenoxy) is 3. The van der Waals surface area contributed by atoms with E-state index in [0.717, 1.165) is 6.07 Å². The molecule has 0 radical (unpaired) electrons. The van der Waals surface area contributed by atoms with E-state index in [-0.39, 0.29) is 29.9 Å². The van der Waals surface area contributed by atoms with Crippen LogP contribution < -0.4 is 19.5 Å². The van der Waals surface area contributed by atoms with E-state index in [1.54, 1.807) is 26.2 Å². The Morgan fingerprint density at radius 2 is 1.75 bits per heavy atom. The van der Waals surface area contributed by atoms with Crippen LogP contribution in [-0.2, 0) is 0 Å². The van der Waals surface area contributed by atoms with Gasteiger partial charge in [-0.3, -0.25) is 4.79 Å². The third kappa shape index (κ3) is 4.38. The van der Waals surface area contributed by atoms with Crippen LogP contribution >= 0.6 is 0 Å². The third-order valence-corrected chi connectivity index (χ3v) is 3.35. The van der Waals surface area contributed by atoms with Crippen molar-refractivity contribution in [2.45, 2.75) is 13.0 Å². The molecule has 0 aliphatic rings. The molecule has 0 aromatic heterocycles. The van der Waals surface area contributed by atoms with Crippen molar-refractivity contribution in [2.24, 2.45) is 0 Å². The lowest BCUT2D eigenvalue weighted by Gasteiger charge is -2.16. The number of rotatable bonds is 7. The summed E-state index contributed by atoms with van der Waals surface area (Å²) in [5.74, 6) is 0.347. The normalized spacial score (nSPS) is 11.5. The first-order valence-corrected chi connectivity index (χ1v) is 7.45. The van der Waals surface area contributed by atoms with Gasteiger partial charge in [0.15, 0.2) is 23.1 Å². The molecule has 2 rings (SSSR count). The maximum Gasteiger partial charge on any atom is 0.251 e. The molecule has 6 heteroatoms. The van der Waals surface area contributed by atoms with Crippen molar-refractivity contribution in [3.63, 3.8) is 0 Å². The number of carbonyl (C=O) groups is 1. The van der Waals surface area contributed by atoms with Crippen LogP contribution in [0.4, 0.5) is 4.39 Å². The Balaban J connectivity index is 1.93. The van der Waals surface area contributed by atoms with Gasteiger partial charge in [-0.25, -0.2) is 4.39 Å². The van der Waals surface area contributed by atoms with E-state index >= 15 is 0 Å². The number of hydrogen-bond donors (Lipinski definition) is 1. The number of halogens is 1. The van der Waals surface area contributed by atoms with Crippen molar-refractivity contribution in [3.8, 4) is 17.2 Å². The lowest BCUT2D eigenvalue weighted by atomic mass is 10.2. The highest BCUT2D eigenvalue weighted by atomic mass is 19.1. The Morgan fingerprint density at radius 1 is 1.08 bits per heavy atom. The van der Waals surface area contributed by atoms with Crippen molar-refractivity contribution in [1.82, 2.24) is 5.32 Å². The van der Waals surface area contributed by atoms with Crippen LogP contribution in [0.1, 0.15) is 17.3 Å². The van der Waals surface area contributed by atoms with Gasteiger partial charge in [-0.1, -0.05) is 12.1 Å². The van der Waals surface area contributed by atoms with Crippen molar-refractivity contribution in [1.29, 1.82) is 0 Å². The van der Waals surface area contributed by atoms with Gasteiger partial charge in [-0.05, 0) is 37.3 Å². The molecule has 2 aromatic rings. The highest BCUT2D eigenvalue weighted by Gasteiger charge is 2.13. The second-order valence-corrected chi connectivity index (χ2v) is 5.19. The summed E-state index contributed by atoms with van der Waals surface area (Å²) in [7, 11) is 2.93. The van der Waals surface area contributed by atoms with Gasteiger partial charge in [-0.15, -0.1) is 0 Å². The van der Waals surface area contributed by atoms with Crippen LogP contribution in [0.2, 0.25) is 0 Å². The molecule has 0 fully saturated rings. The minimum atomic E-state index is -0.580. The van der Waals surface area contributed by atoms with Gasteiger partial charge in [0.2, 0.25) is 0 Å². The molecule has 0 saturated heterocycles. The molecule has 0 aliphatic heterocycles. The highest BCUT2D eigenvalue weighted by Crippen LogP contribution is 2.25. The molecule has 2 aromatic carbocycles. The van der Waals surface area contributed by atoms with Crippen molar-refractivity contribution in [3.05, 3.63) is 53.8 Å². The molecule has 5 nitrogen and oxygen atoms in total. The number of amides is 1. The van der Waals surface area contributed by atoms with E-state index in [1.807, 2.05) is 12.1 Å². The number of benzene rings is 2. The molecular formula is C18H20FNO4. The number of para-hydroxylation sites is 2. The molecule has 0 bridgehead atoms. The molecule has 24 heavy (non-hydrogen) atoms. The van der Waals surface area contributed by atoms with Crippen LogP contribution in [0, 0.1) is 5.82 Å². The first-order valence-electron chi connectivity index (χ1n) is 7.45. The van der Waals surface area contributed by atoms with Gasteiger partial charge in [0, 0.05) is 5.56 Å². The zero-order chi connectivity index (χ0) is 17.5. The van der Waals surface area contributed by atoms with E-state index in [4.69, 9.17) is 14.2 Å². The molecule has 1 atom stereocenters. The average Bonchev–Trinajstić information content (AvgIpc) is 2.60. The Bertz CT molecular complexity index is 705. The first-order chi connectivity index (χ1) is 11.5. The van der Waals surface area contributed by atoms with Gasteiger partial charge < -0.3 is 19.5 Å².